The third kappa shape index (κ3) is 3.87. The number of anilines is 1. The quantitative estimate of drug-likeness (QED) is 0.722. The van der Waals surface area contributed by atoms with Gasteiger partial charge in [0.1, 0.15) is 10.7 Å². The highest BCUT2D eigenvalue weighted by molar-refractivity contribution is 7.89. The van der Waals surface area contributed by atoms with E-state index in [1.807, 2.05) is 0 Å². The topological polar surface area (TPSA) is 92.9 Å². The predicted molar refractivity (Wildman–Crippen MR) is 68.5 cm³/mol. The minimum absolute atomic E-state index is 0.00150. The number of nitrogens with zero attached hydrogens (tertiary/aromatic N) is 1. The van der Waals surface area contributed by atoms with Crippen molar-refractivity contribution in [2.75, 3.05) is 33.0 Å². The van der Waals surface area contributed by atoms with Crippen LogP contribution in [-0.2, 0) is 14.8 Å². The van der Waals surface area contributed by atoms with Gasteiger partial charge in [-0.15, -0.1) is 0 Å². The maximum atomic E-state index is 13.1. The second-order valence-corrected chi connectivity index (χ2v) is 6.09. The minimum Gasteiger partial charge on any atom is -0.398 e. The smallest absolute Gasteiger partial charge is 0.245 e. The van der Waals surface area contributed by atoms with Crippen LogP contribution in [0.4, 0.5) is 10.1 Å². The van der Waals surface area contributed by atoms with Crippen LogP contribution in [-0.4, -0.2) is 51.2 Å². The molecular weight excluding hydrogens is 275 g/mol. The highest BCUT2D eigenvalue weighted by Gasteiger charge is 2.25. The Bertz CT molecular complexity index is 535. The number of aliphatic hydroxyl groups excluding tert-OH is 1. The molecule has 1 aromatic carbocycles. The fourth-order valence-corrected chi connectivity index (χ4v) is 2.87. The van der Waals surface area contributed by atoms with Crippen LogP contribution in [0.25, 0.3) is 0 Å². The SMILES string of the molecule is COCC(O)CN(C)S(=O)(=O)c1cc(F)ccc1N. The van der Waals surface area contributed by atoms with Crippen LogP contribution < -0.4 is 5.73 Å². The second kappa shape index (κ2) is 6.29. The summed E-state index contributed by atoms with van der Waals surface area (Å²) in [4.78, 5) is -0.320. The molecule has 0 radical (unpaired) electrons. The van der Waals surface area contributed by atoms with Crippen LogP contribution >= 0.6 is 0 Å². The molecule has 19 heavy (non-hydrogen) atoms. The molecule has 0 fully saturated rings. The number of aliphatic hydroxyl groups is 1. The van der Waals surface area contributed by atoms with Gasteiger partial charge in [0.05, 0.1) is 18.4 Å². The highest BCUT2D eigenvalue weighted by Crippen LogP contribution is 2.22. The Morgan fingerprint density at radius 2 is 2.16 bits per heavy atom. The first-order chi connectivity index (χ1) is 8.78. The molecule has 0 saturated heterocycles. The summed E-state index contributed by atoms with van der Waals surface area (Å²) in [5.41, 5.74) is 5.50. The summed E-state index contributed by atoms with van der Waals surface area (Å²) in [6.45, 7) is -0.176. The first kappa shape index (κ1) is 15.8. The number of halogens is 1. The molecule has 0 bridgehead atoms. The van der Waals surface area contributed by atoms with Crippen molar-refractivity contribution in [2.45, 2.75) is 11.0 Å². The lowest BCUT2D eigenvalue weighted by molar-refractivity contribution is 0.0554. The van der Waals surface area contributed by atoms with Crippen LogP contribution in [0.1, 0.15) is 0 Å². The van der Waals surface area contributed by atoms with E-state index >= 15 is 0 Å². The summed E-state index contributed by atoms with van der Waals surface area (Å²) >= 11 is 0. The summed E-state index contributed by atoms with van der Waals surface area (Å²) in [7, 11) is -1.29. The van der Waals surface area contributed by atoms with Gasteiger partial charge in [0.15, 0.2) is 0 Å². The molecule has 1 rings (SSSR count). The van der Waals surface area contributed by atoms with Gasteiger partial charge in [-0.3, -0.25) is 0 Å². The molecule has 108 valence electrons. The number of nitrogens with two attached hydrogens (primary N) is 1. The predicted octanol–water partition coefficient (Wildman–Crippen LogP) is 0.0357. The summed E-state index contributed by atoms with van der Waals surface area (Å²) < 4.78 is 43.1. The van der Waals surface area contributed by atoms with Gasteiger partial charge < -0.3 is 15.6 Å². The maximum Gasteiger partial charge on any atom is 0.245 e. The third-order valence-electron chi connectivity index (χ3n) is 2.49. The van der Waals surface area contributed by atoms with Crippen LogP contribution in [0.5, 0.6) is 0 Å². The lowest BCUT2D eigenvalue weighted by atomic mass is 10.3. The van der Waals surface area contributed by atoms with Crippen molar-refractivity contribution < 1.29 is 22.7 Å². The average molecular weight is 292 g/mol. The van der Waals surface area contributed by atoms with Gasteiger partial charge in [-0.2, -0.15) is 4.31 Å². The Morgan fingerprint density at radius 3 is 2.74 bits per heavy atom. The number of methoxy groups -OCH3 is 1. The van der Waals surface area contributed by atoms with E-state index in [0.717, 1.165) is 16.4 Å². The van der Waals surface area contributed by atoms with Crippen LogP contribution in [0.3, 0.4) is 0 Å². The molecule has 3 N–H and O–H groups in total. The van der Waals surface area contributed by atoms with Crippen molar-refractivity contribution in [3.8, 4) is 0 Å². The molecule has 1 aromatic rings. The fraction of sp³-hybridized carbons (Fsp3) is 0.455. The van der Waals surface area contributed by atoms with E-state index in [1.54, 1.807) is 0 Å². The molecular formula is C11H17FN2O4S. The van der Waals surface area contributed by atoms with Crippen molar-refractivity contribution in [1.29, 1.82) is 0 Å². The Morgan fingerprint density at radius 1 is 1.53 bits per heavy atom. The van der Waals surface area contributed by atoms with Gasteiger partial charge >= 0.3 is 0 Å². The van der Waals surface area contributed by atoms with E-state index in [4.69, 9.17) is 10.5 Å². The van der Waals surface area contributed by atoms with Crippen LogP contribution in [0.15, 0.2) is 23.1 Å². The first-order valence-corrected chi connectivity index (χ1v) is 6.91. The Kier molecular flexibility index (Phi) is 5.24. The number of benzene rings is 1. The van der Waals surface area contributed by atoms with Crippen LogP contribution in [0.2, 0.25) is 0 Å². The second-order valence-electron chi connectivity index (χ2n) is 4.08. The molecule has 1 atom stereocenters. The van der Waals surface area contributed by atoms with Gasteiger partial charge in [-0.05, 0) is 18.2 Å². The molecule has 0 aliphatic carbocycles. The van der Waals surface area contributed by atoms with Gasteiger partial charge in [0.2, 0.25) is 10.0 Å². The third-order valence-corrected chi connectivity index (χ3v) is 4.37. The fourth-order valence-electron chi connectivity index (χ4n) is 1.54. The summed E-state index contributed by atoms with van der Waals surface area (Å²) in [5, 5.41) is 9.52. The number of rotatable bonds is 6. The minimum atomic E-state index is -3.95. The normalized spacial score (nSPS) is 13.7. The number of likely N-dealkylation sites (N-methyl/N-ethyl adjacent to an activating group) is 1. The first-order valence-electron chi connectivity index (χ1n) is 5.47. The lowest BCUT2D eigenvalue weighted by Gasteiger charge is -2.21. The molecule has 0 heterocycles. The van der Waals surface area contributed by atoms with Crippen molar-refractivity contribution in [1.82, 2.24) is 4.31 Å². The number of hydrogen-bond donors (Lipinski definition) is 2. The van der Waals surface area contributed by atoms with E-state index < -0.39 is 21.9 Å². The summed E-state index contributed by atoms with van der Waals surface area (Å²) in [6, 6.07) is 3.11. The van der Waals surface area contributed by atoms with E-state index in [0.29, 0.717) is 0 Å². The number of nitrogen functional groups attached to an aromatic ring is 1. The lowest BCUT2D eigenvalue weighted by Crippen LogP contribution is -2.36. The van der Waals surface area contributed by atoms with Gasteiger partial charge in [-0.25, -0.2) is 12.8 Å². The summed E-state index contributed by atoms with van der Waals surface area (Å²) in [5.74, 6) is -0.696. The summed E-state index contributed by atoms with van der Waals surface area (Å²) in [6.07, 6.45) is -0.973. The van der Waals surface area contributed by atoms with Crippen molar-refractivity contribution in [3.63, 3.8) is 0 Å². The van der Waals surface area contributed by atoms with Gasteiger partial charge in [0, 0.05) is 20.7 Å². The Hall–Kier alpha value is -1.22. The average Bonchev–Trinajstić information content (AvgIpc) is 2.32. The Labute approximate surface area is 111 Å². The number of hydrogen-bond acceptors (Lipinski definition) is 5. The molecule has 0 aromatic heterocycles. The standard InChI is InChI=1S/C11H17FN2O4S/c1-14(6-9(15)7-18-2)19(16,17)11-5-8(12)3-4-10(11)13/h3-5,9,15H,6-7,13H2,1-2H3. The molecule has 0 amide bonds. The van der Waals surface area contributed by atoms with E-state index in [9.17, 15) is 17.9 Å². The van der Waals surface area contributed by atoms with Crippen molar-refractivity contribution in [2.24, 2.45) is 0 Å². The van der Waals surface area contributed by atoms with E-state index in [-0.39, 0.29) is 23.7 Å². The molecule has 8 heteroatoms. The van der Waals surface area contributed by atoms with E-state index in [1.165, 1.54) is 20.2 Å². The van der Waals surface area contributed by atoms with Crippen molar-refractivity contribution >= 4 is 15.7 Å². The van der Waals surface area contributed by atoms with Crippen LogP contribution in [0, 0.1) is 5.82 Å². The zero-order valence-corrected chi connectivity index (χ0v) is 11.5. The molecule has 1 unspecified atom stereocenters. The molecule has 0 saturated carbocycles. The maximum absolute atomic E-state index is 13.1. The number of ether oxygens (including phenoxy) is 1. The van der Waals surface area contributed by atoms with Gasteiger partial charge in [0.25, 0.3) is 0 Å². The largest absolute Gasteiger partial charge is 0.398 e. The monoisotopic (exact) mass is 292 g/mol. The highest BCUT2D eigenvalue weighted by atomic mass is 32.2. The molecule has 0 spiro atoms. The van der Waals surface area contributed by atoms with E-state index in [2.05, 4.69) is 0 Å². The zero-order valence-electron chi connectivity index (χ0n) is 10.7. The molecule has 6 nitrogen and oxygen atoms in total. The van der Waals surface area contributed by atoms with Crippen molar-refractivity contribution in [3.05, 3.63) is 24.0 Å². The zero-order chi connectivity index (χ0) is 14.6. The Balaban J connectivity index is 3.00. The number of sulfonamides is 1. The molecule has 0 aliphatic rings. The van der Waals surface area contributed by atoms with Gasteiger partial charge in [-0.1, -0.05) is 0 Å². The molecule has 0 aliphatic heterocycles.